The zero-order valence-corrected chi connectivity index (χ0v) is 24.9. The van der Waals surface area contributed by atoms with E-state index < -0.39 is 8.07 Å². The lowest BCUT2D eigenvalue weighted by Gasteiger charge is -2.29. The van der Waals surface area contributed by atoms with Crippen molar-refractivity contribution in [1.82, 2.24) is 0 Å². The van der Waals surface area contributed by atoms with Crippen LogP contribution >= 0.6 is 0 Å². The first-order valence-corrected chi connectivity index (χ1v) is 16.4. The Labute approximate surface area is 229 Å². The summed E-state index contributed by atoms with van der Waals surface area (Å²) in [6.07, 6.45) is 2.24. The molecule has 0 unspecified atom stereocenters. The van der Waals surface area contributed by atoms with Crippen molar-refractivity contribution < 1.29 is 4.57 Å². The van der Waals surface area contributed by atoms with E-state index in [0.29, 0.717) is 11.8 Å². The summed E-state index contributed by atoms with van der Waals surface area (Å²) in [7, 11) is 0.0159. The van der Waals surface area contributed by atoms with Crippen LogP contribution in [0.4, 0.5) is 0 Å². The molecule has 0 aliphatic carbocycles. The maximum Gasteiger partial charge on any atom is 0.220 e. The van der Waals surface area contributed by atoms with E-state index in [-0.39, 0.29) is 0 Å². The minimum absolute atomic E-state index is 0.488. The summed E-state index contributed by atoms with van der Waals surface area (Å²) >= 11 is 0. The third-order valence-electron chi connectivity index (χ3n) is 8.43. The van der Waals surface area contributed by atoms with Gasteiger partial charge in [-0.15, -0.1) is 0 Å². The maximum atomic E-state index is 2.49. The molecular weight excluding hydrogens is 474 g/mol. The fourth-order valence-electron chi connectivity index (χ4n) is 6.00. The van der Waals surface area contributed by atoms with Crippen molar-refractivity contribution in [3.63, 3.8) is 0 Å². The zero-order chi connectivity index (χ0) is 27.0. The molecule has 0 N–H and O–H groups in total. The van der Waals surface area contributed by atoms with Crippen LogP contribution in [0.3, 0.4) is 0 Å². The number of fused-ring (bicyclic) bond motifs is 1. The second-order valence-corrected chi connectivity index (χ2v) is 15.5. The molecule has 0 atom stereocenters. The van der Waals surface area contributed by atoms with Gasteiger partial charge in [0.15, 0.2) is 6.20 Å². The molecule has 0 spiro atoms. The number of hydrogen-bond acceptors (Lipinski definition) is 0. The molecule has 0 radical (unpaired) electrons. The summed E-state index contributed by atoms with van der Waals surface area (Å²) in [6.45, 7) is 14.0. The number of nitrogens with zero attached hydrogens (tertiary/aromatic N) is 1. The average molecular weight is 515 g/mol. The Kier molecular flexibility index (Phi) is 7.11. The highest BCUT2D eigenvalue weighted by Gasteiger charge is 2.34. The lowest BCUT2D eigenvalue weighted by atomic mass is 9.86. The lowest BCUT2D eigenvalue weighted by molar-refractivity contribution is -0.659. The Bertz CT molecular complexity index is 1540. The van der Waals surface area contributed by atoms with Crippen molar-refractivity contribution in [2.24, 2.45) is 7.05 Å². The predicted octanol–water partition coefficient (Wildman–Crippen LogP) is 6.99. The molecular formula is C36H40NSi+. The van der Waals surface area contributed by atoms with Gasteiger partial charge in [-0.2, -0.15) is 0 Å². The van der Waals surface area contributed by atoms with Gasteiger partial charge in [-0.1, -0.05) is 113 Å². The second-order valence-electron chi connectivity index (χ2n) is 11.5. The molecule has 1 heterocycles. The molecule has 2 heteroatoms. The molecule has 5 rings (SSSR count). The summed E-state index contributed by atoms with van der Waals surface area (Å²) in [5.41, 5.74) is 6.92. The first-order chi connectivity index (χ1) is 18.2. The Morgan fingerprint density at radius 3 is 1.82 bits per heavy atom. The molecule has 0 fully saturated rings. The first-order valence-electron chi connectivity index (χ1n) is 13.9. The van der Waals surface area contributed by atoms with Gasteiger partial charge in [0.05, 0.1) is 10.9 Å². The van der Waals surface area contributed by atoms with Gasteiger partial charge in [0, 0.05) is 6.07 Å². The Balaban J connectivity index is 1.76. The van der Waals surface area contributed by atoms with Crippen molar-refractivity contribution in [2.45, 2.75) is 53.0 Å². The van der Waals surface area contributed by atoms with Gasteiger partial charge >= 0.3 is 0 Å². The average Bonchev–Trinajstić information content (AvgIpc) is 2.93. The van der Waals surface area contributed by atoms with E-state index in [1.165, 1.54) is 54.3 Å². The molecule has 192 valence electrons. The number of aromatic nitrogens is 1. The number of hydrogen-bond donors (Lipinski definition) is 0. The van der Waals surface area contributed by atoms with Crippen molar-refractivity contribution in [3.8, 4) is 11.3 Å². The van der Waals surface area contributed by atoms with Crippen LogP contribution in [-0.2, 0) is 7.05 Å². The molecule has 0 amide bonds. The molecule has 1 nitrogen and oxygen atoms in total. The highest BCUT2D eigenvalue weighted by atomic mass is 28.3. The Morgan fingerprint density at radius 1 is 0.658 bits per heavy atom. The van der Waals surface area contributed by atoms with Gasteiger partial charge in [0.25, 0.3) is 0 Å². The summed E-state index contributed by atoms with van der Waals surface area (Å²) in [5, 5.41) is 6.94. The number of benzene rings is 4. The summed E-state index contributed by atoms with van der Waals surface area (Å²) in [5.74, 6) is 0.977. The van der Waals surface area contributed by atoms with Crippen LogP contribution in [0, 0.1) is 6.92 Å². The Hall–Kier alpha value is -3.49. The smallest absolute Gasteiger partial charge is 0.200 e. The SMILES string of the molecule is Cc1c(-c2c3ccc([Si](C)(c4ccccc4)c4ccccc4)cc3cc[n+]2C)cc(C(C)C)cc1C(C)C. The number of rotatable bonds is 6. The predicted molar refractivity (Wildman–Crippen MR) is 167 cm³/mol. The molecule has 5 aromatic rings. The molecule has 0 aliphatic rings. The molecule has 38 heavy (non-hydrogen) atoms. The fraction of sp³-hybridized carbons (Fsp3) is 0.250. The van der Waals surface area contributed by atoms with Crippen LogP contribution in [-0.4, -0.2) is 8.07 Å². The van der Waals surface area contributed by atoms with E-state index in [0.717, 1.165) is 0 Å². The third-order valence-corrected chi connectivity index (χ3v) is 12.9. The van der Waals surface area contributed by atoms with Crippen LogP contribution in [0.25, 0.3) is 22.0 Å². The summed E-state index contributed by atoms with van der Waals surface area (Å²) < 4.78 is 2.31. The normalized spacial score (nSPS) is 12.0. The van der Waals surface area contributed by atoms with Gasteiger partial charge < -0.3 is 0 Å². The van der Waals surface area contributed by atoms with E-state index in [1.54, 1.807) is 0 Å². The van der Waals surface area contributed by atoms with Crippen molar-refractivity contribution in [2.75, 3.05) is 0 Å². The monoisotopic (exact) mass is 514 g/mol. The van der Waals surface area contributed by atoms with Crippen LogP contribution in [0.2, 0.25) is 6.55 Å². The lowest BCUT2D eigenvalue weighted by Crippen LogP contribution is -2.64. The van der Waals surface area contributed by atoms with Crippen LogP contribution in [0.5, 0.6) is 0 Å². The molecule has 0 bridgehead atoms. The molecule has 0 saturated carbocycles. The van der Waals surface area contributed by atoms with Gasteiger partial charge in [0.1, 0.15) is 15.1 Å². The van der Waals surface area contributed by atoms with Gasteiger partial charge in [-0.3, -0.25) is 0 Å². The van der Waals surface area contributed by atoms with Crippen molar-refractivity contribution in [1.29, 1.82) is 0 Å². The minimum atomic E-state index is -2.17. The standard InChI is InChI=1S/C36H40NSi/c1-25(2)29-23-34(26(3)4)27(5)35(24-29)36-33-19-18-32(22-28(33)20-21-37(36)6)38(7,30-14-10-8-11-15-30)31-16-12-9-13-17-31/h8-26H,1-7H3/q+1. The summed E-state index contributed by atoms with van der Waals surface area (Å²) in [4.78, 5) is 0. The van der Waals surface area contributed by atoms with E-state index >= 15 is 0 Å². The van der Waals surface area contributed by atoms with Crippen LogP contribution < -0.4 is 20.1 Å². The van der Waals surface area contributed by atoms with Gasteiger partial charge in [-0.05, 0) is 68.5 Å². The molecule has 1 aromatic heterocycles. The summed E-state index contributed by atoms with van der Waals surface area (Å²) in [6, 6.07) is 36.6. The van der Waals surface area contributed by atoms with Crippen molar-refractivity contribution in [3.05, 3.63) is 120 Å². The van der Waals surface area contributed by atoms with E-state index in [9.17, 15) is 0 Å². The third kappa shape index (κ3) is 4.52. The highest BCUT2D eigenvalue weighted by molar-refractivity contribution is 7.10. The quantitative estimate of drug-likeness (QED) is 0.131. The van der Waals surface area contributed by atoms with E-state index in [4.69, 9.17) is 0 Å². The maximum absolute atomic E-state index is 2.49. The van der Waals surface area contributed by atoms with E-state index in [2.05, 4.69) is 156 Å². The van der Waals surface area contributed by atoms with Gasteiger partial charge in [-0.25, -0.2) is 4.57 Å². The molecule has 4 aromatic carbocycles. The first kappa shape index (κ1) is 26.1. The number of aryl methyl sites for hydroxylation is 1. The molecule has 0 saturated heterocycles. The Morgan fingerprint density at radius 2 is 1.26 bits per heavy atom. The fourth-order valence-corrected chi connectivity index (χ4v) is 9.58. The topological polar surface area (TPSA) is 3.88 Å². The largest absolute Gasteiger partial charge is 0.220 e. The van der Waals surface area contributed by atoms with E-state index in [1.807, 2.05) is 0 Å². The van der Waals surface area contributed by atoms with Crippen LogP contribution in [0.15, 0.2) is 103 Å². The van der Waals surface area contributed by atoms with Crippen LogP contribution in [0.1, 0.15) is 56.2 Å². The minimum Gasteiger partial charge on any atom is -0.200 e. The van der Waals surface area contributed by atoms with Crippen molar-refractivity contribution >= 4 is 34.4 Å². The van der Waals surface area contributed by atoms with Gasteiger partial charge in [0.2, 0.25) is 5.69 Å². The highest BCUT2D eigenvalue weighted by Crippen LogP contribution is 2.35. The second kappa shape index (κ2) is 10.3. The molecule has 0 aliphatic heterocycles. The number of pyridine rings is 1. The zero-order valence-electron chi connectivity index (χ0n) is 23.9.